The Morgan fingerprint density at radius 3 is 1.06 bits per heavy atom. The predicted octanol–water partition coefficient (Wildman–Crippen LogP) is 13.4. The standard InChI is InChI=1S/C47H48N2/c1-34-9-19-40(20-10-34)48(41-21-11-35(2)12-22-41)44-27-17-39(18-28-44)47(31-7-6-8-32-47)46-30-29-45(33-38(46)5)49(42-23-13-36(3)14-24-42)43-25-15-37(4)16-26-43/h9-30,33H,6-8,31-32H2,1-5H3. The third-order valence-corrected chi connectivity index (χ3v) is 10.5. The highest BCUT2D eigenvalue weighted by atomic mass is 15.1. The Balaban J connectivity index is 1.28. The molecule has 0 atom stereocenters. The van der Waals surface area contributed by atoms with E-state index in [0.29, 0.717) is 0 Å². The van der Waals surface area contributed by atoms with Crippen molar-refractivity contribution in [2.24, 2.45) is 0 Å². The molecule has 6 aromatic carbocycles. The summed E-state index contributed by atoms with van der Waals surface area (Å²) in [6, 6.07) is 52.2. The minimum atomic E-state index is -0.00348. The molecule has 7 rings (SSSR count). The SMILES string of the molecule is Cc1ccc(N(c2ccc(C)cc2)c2ccc(C3(c4ccc(N(c5ccc(C)cc5)c5ccc(C)cc5)cc4C)CCCCC3)cc2)cc1. The Hall–Kier alpha value is -5.08. The molecular formula is C47H48N2. The number of hydrogen-bond acceptors (Lipinski definition) is 2. The van der Waals surface area contributed by atoms with Crippen molar-refractivity contribution >= 4 is 34.1 Å². The highest BCUT2D eigenvalue weighted by molar-refractivity contribution is 5.78. The number of benzene rings is 6. The van der Waals surface area contributed by atoms with Gasteiger partial charge in [0, 0.05) is 39.5 Å². The second-order valence-corrected chi connectivity index (χ2v) is 14.2. The van der Waals surface area contributed by atoms with E-state index in [1.54, 1.807) is 0 Å². The predicted molar refractivity (Wildman–Crippen MR) is 210 cm³/mol. The van der Waals surface area contributed by atoms with Crippen LogP contribution in [0.4, 0.5) is 34.1 Å². The maximum Gasteiger partial charge on any atom is 0.0464 e. The molecular weight excluding hydrogens is 593 g/mol. The second-order valence-electron chi connectivity index (χ2n) is 14.2. The summed E-state index contributed by atoms with van der Waals surface area (Å²) >= 11 is 0. The van der Waals surface area contributed by atoms with Crippen molar-refractivity contribution in [3.05, 3.63) is 178 Å². The first kappa shape index (κ1) is 32.5. The van der Waals surface area contributed by atoms with Crippen LogP contribution in [-0.2, 0) is 5.41 Å². The van der Waals surface area contributed by atoms with Crippen molar-refractivity contribution in [2.75, 3.05) is 9.80 Å². The molecule has 0 amide bonds. The summed E-state index contributed by atoms with van der Waals surface area (Å²) in [6.45, 7) is 10.9. The molecule has 0 unspecified atom stereocenters. The highest BCUT2D eigenvalue weighted by Gasteiger charge is 2.37. The van der Waals surface area contributed by atoms with Gasteiger partial charge in [0.2, 0.25) is 0 Å². The zero-order valence-electron chi connectivity index (χ0n) is 29.7. The Morgan fingerprint density at radius 2 is 0.694 bits per heavy atom. The molecule has 6 aromatic rings. The van der Waals surface area contributed by atoms with Crippen LogP contribution in [0.15, 0.2) is 140 Å². The lowest BCUT2D eigenvalue weighted by Crippen LogP contribution is -2.31. The van der Waals surface area contributed by atoms with Gasteiger partial charge in [0.25, 0.3) is 0 Å². The van der Waals surface area contributed by atoms with Crippen molar-refractivity contribution in [1.82, 2.24) is 0 Å². The number of rotatable bonds is 8. The minimum Gasteiger partial charge on any atom is -0.311 e. The number of hydrogen-bond donors (Lipinski definition) is 0. The van der Waals surface area contributed by atoms with Crippen molar-refractivity contribution in [2.45, 2.75) is 72.1 Å². The van der Waals surface area contributed by atoms with Gasteiger partial charge in [-0.05, 0) is 137 Å². The van der Waals surface area contributed by atoms with Gasteiger partial charge in [0.1, 0.15) is 0 Å². The van der Waals surface area contributed by atoms with Crippen molar-refractivity contribution < 1.29 is 0 Å². The van der Waals surface area contributed by atoms with Crippen LogP contribution < -0.4 is 9.80 Å². The maximum absolute atomic E-state index is 2.43. The summed E-state index contributed by atoms with van der Waals surface area (Å²) in [6.07, 6.45) is 6.15. The van der Waals surface area contributed by atoms with E-state index >= 15 is 0 Å². The van der Waals surface area contributed by atoms with Gasteiger partial charge < -0.3 is 9.80 Å². The molecule has 0 saturated heterocycles. The summed E-state index contributed by atoms with van der Waals surface area (Å²) in [7, 11) is 0. The average molecular weight is 641 g/mol. The molecule has 0 heterocycles. The molecule has 1 aliphatic carbocycles. The fourth-order valence-corrected chi connectivity index (χ4v) is 7.79. The van der Waals surface area contributed by atoms with Crippen LogP contribution in [0.3, 0.4) is 0 Å². The molecule has 0 aromatic heterocycles. The van der Waals surface area contributed by atoms with Crippen LogP contribution in [-0.4, -0.2) is 0 Å². The molecule has 0 N–H and O–H groups in total. The van der Waals surface area contributed by atoms with Crippen LogP contribution in [0.25, 0.3) is 0 Å². The van der Waals surface area contributed by atoms with E-state index in [4.69, 9.17) is 0 Å². The van der Waals surface area contributed by atoms with Gasteiger partial charge in [-0.3, -0.25) is 0 Å². The Morgan fingerprint density at radius 1 is 0.367 bits per heavy atom. The minimum absolute atomic E-state index is 0.00348. The molecule has 2 heteroatoms. The monoisotopic (exact) mass is 640 g/mol. The zero-order chi connectivity index (χ0) is 34.0. The second kappa shape index (κ2) is 13.8. The van der Waals surface area contributed by atoms with E-state index in [-0.39, 0.29) is 5.41 Å². The molecule has 1 aliphatic rings. The fraction of sp³-hybridized carbons (Fsp3) is 0.234. The maximum atomic E-state index is 2.43. The molecule has 0 radical (unpaired) electrons. The van der Waals surface area contributed by atoms with Crippen molar-refractivity contribution in [1.29, 1.82) is 0 Å². The van der Waals surface area contributed by atoms with Gasteiger partial charge in [-0.15, -0.1) is 0 Å². The lowest BCUT2D eigenvalue weighted by atomic mass is 9.64. The molecule has 246 valence electrons. The van der Waals surface area contributed by atoms with Crippen LogP contribution in [0.5, 0.6) is 0 Å². The molecule has 1 saturated carbocycles. The molecule has 0 bridgehead atoms. The number of anilines is 6. The lowest BCUT2D eigenvalue weighted by molar-refractivity contribution is 0.345. The first-order valence-electron chi connectivity index (χ1n) is 17.9. The Kier molecular flexibility index (Phi) is 9.15. The van der Waals surface area contributed by atoms with Gasteiger partial charge in [-0.1, -0.05) is 108 Å². The van der Waals surface area contributed by atoms with E-state index in [2.05, 4.69) is 184 Å². The van der Waals surface area contributed by atoms with Crippen LogP contribution in [0, 0.1) is 34.6 Å². The van der Waals surface area contributed by atoms with Crippen molar-refractivity contribution in [3.63, 3.8) is 0 Å². The lowest BCUT2D eigenvalue weighted by Gasteiger charge is -2.40. The van der Waals surface area contributed by atoms with Gasteiger partial charge in [-0.2, -0.15) is 0 Å². The molecule has 0 spiro atoms. The quantitative estimate of drug-likeness (QED) is 0.163. The number of aryl methyl sites for hydroxylation is 5. The van der Waals surface area contributed by atoms with E-state index in [1.807, 2.05) is 0 Å². The molecule has 49 heavy (non-hydrogen) atoms. The third kappa shape index (κ3) is 6.65. The Bertz CT molecular complexity index is 1910. The summed E-state index contributed by atoms with van der Waals surface area (Å²) in [4.78, 5) is 4.77. The summed E-state index contributed by atoms with van der Waals surface area (Å²) < 4.78 is 0. The number of nitrogens with zero attached hydrogens (tertiary/aromatic N) is 2. The average Bonchev–Trinajstić information content (AvgIpc) is 3.12. The molecule has 0 aliphatic heterocycles. The van der Waals surface area contributed by atoms with E-state index in [9.17, 15) is 0 Å². The van der Waals surface area contributed by atoms with Crippen molar-refractivity contribution in [3.8, 4) is 0 Å². The first-order valence-corrected chi connectivity index (χ1v) is 17.9. The normalized spacial score (nSPS) is 14.0. The van der Waals surface area contributed by atoms with Crippen LogP contribution >= 0.6 is 0 Å². The van der Waals surface area contributed by atoms with E-state index in [1.165, 1.54) is 105 Å². The van der Waals surface area contributed by atoms with E-state index < -0.39 is 0 Å². The smallest absolute Gasteiger partial charge is 0.0464 e. The first-order chi connectivity index (χ1) is 23.8. The Labute approximate surface area is 293 Å². The van der Waals surface area contributed by atoms with Gasteiger partial charge >= 0.3 is 0 Å². The molecule has 2 nitrogen and oxygen atoms in total. The van der Waals surface area contributed by atoms with Gasteiger partial charge in [-0.25, -0.2) is 0 Å². The van der Waals surface area contributed by atoms with E-state index in [0.717, 1.165) is 0 Å². The summed E-state index contributed by atoms with van der Waals surface area (Å²) in [5, 5.41) is 0. The van der Waals surface area contributed by atoms with Gasteiger partial charge in [0.15, 0.2) is 0 Å². The fourth-order valence-electron chi connectivity index (χ4n) is 7.79. The van der Waals surface area contributed by atoms with Gasteiger partial charge in [0.05, 0.1) is 0 Å². The summed E-state index contributed by atoms with van der Waals surface area (Å²) in [5.74, 6) is 0. The molecule has 1 fully saturated rings. The zero-order valence-corrected chi connectivity index (χ0v) is 29.7. The largest absolute Gasteiger partial charge is 0.311 e. The third-order valence-electron chi connectivity index (χ3n) is 10.5. The van der Waals surface area contributed by atoms with Crippen LogP contribution in [0.2, 0.25) is 0 Å². The topological polar surface area (TPSA) is 6.48 Å². The van der Waals surface area contributed by atoms with Crippen LogP contribution in [0.1, 0.15) is 71.0 Å². The highest BCUT2D eigenvalue weighted by Crippen LogP contribution is 2.48. The summed E-state index contributed by atoms with van der Waals surface area (Å²) in [5.41, 5.74) is 16.4.